The van der Waals surface area contributed by atoms with Gasteiger partial charge >= 0.3 is 0 Å². The first-order valence-electron chi connectivity index (χ1n) is 9.06. The van der Waals surface area contributed by atoms with Gasteiger partial charge in [0.05, 0.1) is 0 Å². The summed E-state index contributed by atoms with van der Waals surface area (Å²) < 4.78 is 4.22. The number of allylic oxidation sites excluding steroid dienone is 2. The van der Waals surface area contributed by atoms with Crippen LogP contribution in [0.1, 0.15) is 51.0 Å². The fourth-order valence-electron chi connectivity index (χ4n) is 2.47. The van der Waals surface area contributed by atoms with Crippen LogP contribution in [0.2, 0.25) is 0 Å². The molecule has 1 aromatic rings. The monoisotopic (exact) mass is 364 g/mol. The summed E-state index contributed by atoms with van der Waals surface area (Å²) in [6.45, 7) is 7.15. The van der Waals surface area contributed by atoms with E-state index >= 15 is 0 Å². The highest BCUT2D eigenvalue weighted by Crippen LogP contribution is 2.24. The first-order valence-corrected chi connectivity index (χ1v) is 10.5. The highest BCUT2D eigenvalue weighted by molar-refractivity contribution is 7.45. The van der Waals surface area contributed by atoms with Crippen LogP contribution in [0.5, 0.6) is 0 Å². The van der Waals surface area contributed by atoms with Gasteiger partial charge in [0.25, 0.3) is 0 Å². The molecule has 1 heterocycles. The lowest BCUT2D eigenvalue weighted by Gasteiger charge is -2.03. The number of nitrogens with zero attached hydrogens (tertiary/aromatic N) is 2. The van der Waals surface area contributed by atoms with Gasteiger partial charge in [-0.05, 0) is 24.0 Å². The second-order valence-corrected chi connectivity index (χ2v) is 7.50. The minimum Gasteiger partial charge on any atom is -0.350 e. The molecule has 25 heavy (non-hydrogen) atoms. The van der Waals surface area contributed by atoms with Crippen molar-refractivity contribution in [3.05, 3.63) is 48.9 Å². The Balaban J connectivity index is 2.24. The van der Waals surface area contributed by atoms with Crippen LogP contribution in [-0.2, 0) is 6.54 Å². The molecule has 4 nitrogen and oxygen atoms in total. The minimum absolute atomic E-state index is 0.561. The fraction of sp³-hybridized carbons (Fsp3) is 0.500. The molecule has 0 aliphatic carbocycles. The summed E-state index contributed by atoms with van der Waals surface area (Å²) in [7, 11) is 0.309. The molecule has 0 atom stereocenters. The van der Waals surface area contributed by atoms with E-state index in [4.69, 9.17) is 9.79 Å². The molecule has 0 spiro atoms. The third-order valence-electron chi connectivity index (χ3n) is 4.20. The van der Waals surface area contributed by atoms with E-state index < -0.39 is 8.38 Å². The molecule has 0 aliphatic heterocycles. The third-order valence-corrected chi connectivity index (χ3v) is 4.92. The molecule has 138 valence electrons. The molecule has 0 saturated carbocycles. The molecule has 0 aromatic carbocycles. The zero-order valence-electron chi connectivity index (χ0n) is 15.6. The smallest absolute Gasteiger partial charge is 0.169 e. The predicted molar refractivity (Wildman–Crippen MR) is 107 cm³/mol. The molecule has 1 aromatic heterocycles. The van der Waals surface area contributed by atoms with Gasteiger partial charge in [0.2, 0.25) is 0 Å². The van der Waals surface area contributed by atoms with Crippen LogP contribution < -0.4 is 4.57 Å². The summed E-state index contributed by atoms with van der Waals surface area (Å²) in [6, 6.07) is 4.23. The number of hydrogen-bond acceptors (Lipinski definition) is 2. The first-order chi connectivity index (χ1) is 12.0. The number of hydrogen-bond donors (Lipinski definition) is 2. The molecule has 0 saturated heterocycles. The topological polar surface area (TPSA) is 47.4 Å². The molecule has 0 unspecified atom stereocenters. The van der Waals surface area contributed by atoms with E-state index in [0.717, 1.165) is 30.5 Å². The maximum Gasteiger partial charge on any atom is 0.169 e. The van der Waals surface area contributed by atoms with Crippen molar-refractivity contribution in [2.45, 2.75) is 52.0 Å². The molecular weight excluding hydrogens is 331 g/mol. The summed E-state index contributed by atoms with van der Waals surface area (Å²) in [5, 5.41) is 0. The van der Waals surface area contributed by atoms with Gasteiger partial charge in [-0.3, -0.25) is 0 Å². The average Bonchev–Trinajstić information content (AvgIpc) is 2.61. The van der Waals surface area contributed by atoms with Crippen LogP contribution in [-0.4, -0.2) is 33.8 Å². The lowest BCUT2D eigenvalue weighted by Crippen LogP contribution is -2.32. The first kappa shape index (κ1) is 21.7. The number of pyridine rings is 1. The molecule has 0 bridgehead atoms. The van der Waals surface area contributed by atoms with E-state index in [9.17, 15) is 0 Å². The van der Waals surface area contributed by atoms with Crippen molar-refractivity contribution in [1.29, 1.82) is 0 Å². The van der Waals surface area contributed by atoms with Crippen molar-refractivity contribution < 1.29 is 18.9 Å². The Bertz CT molecular complexity index is 566. The average molecular weight is 364 g/mol. The van der Waals surface area contributed by atoms with Gasteiger partial charge < -0.3 is 9.79 Å². The fourth-order valence-corrected chi connectivity index (χ4v) is 2.97. The number of unbranched alkanes of at least 4 members (excludes halogenated alkanes) is 5. The highest BCUT2D eigenvalue weighted by Gasteiger charge is 2.03. The number of rotatable bonds is 12. The van der Waals surface area contributed by atoms with Crippen molar-refractivity contribution in [2.75, 3.05) is 13.2 Å². The van der Waals surface area contributed by atoms with Gasteiger partial charge in [0.1, 0.15) is 19.8 Å². The summed E-state index contributed by atoms with van der Waals surface area (Å²) >= 11 is 0. The van der Waals surface area contributed by atoms with Crippen molar-refractivity contribution in [3.8, 4) is 0 Å². The molecule has 0 aliphatic rings. The van der Waals surface area contributed by atoms with Gasteiger partial charge in [0, 0.05) is 37.7 Å². The van der Waals surface area contributed by atoms with Crippen molar-refractivity contribution in [3.63, 3.8) is 0 Å². The Hall–Kier alpha value is -1.35. The van der Waals surface area contributed by atoms with Crippen LogP contribution in [0.4, 0.5) is 0 Å². The van der Waals surface area contributed by atoms with Crippen LogP contribution in [0, 0.1) is 0 Å². The lowest BCUT2D eigenvalue weighted by molar-refractivity contribution is -0.697. The predicted octanol–water partition coefficient (Wildman–Crippen LogP) is 3.87. The van der Waals surface area contributed by atoms with E-state index in [1.54, 1.807) is 0 Å². The van der Waals surface area contributed by atoms with E-state index in [1.165, 1.54) is 25.7 Å². The largest absolute Gasteiger partial charge is 0.350 e. The zero-order chi connectivity index (χ0) is 18.5. The molecule has 0 radical (unpaired) electrons. The van der Waals surface area contributed by atoms with Crippen molar-refractivity contribution in [1.82, 2.24) is 0 Å². The molecule has 2 N–H and O–H groups in total. The molecule has 1 rings (SSSR count). The standard InChI is InChI=1S/C20H33N2O2P/c1-4-21(3)15-11-19(2)20-12-16-22(17-13-20)14-9-7-5-6-8-10-18-25(23)24/h4,11-13,15-17,23-24H,2,5-10,14,18H2,1,3H3/q+2/b15-11-,21-4-. The van der Waals surface area contributed by atoms with E-state index in [1.807, 2.05) is 37.0 Å². The number of aryl methyl sites for hydroxylation is 1. The van der Waals surface area contributed by atoms with Crippen molar-refractivity contribution in [2.24, 2.45) is 0 Å². The van der Waals surface area contributed by atoms with E-state index in [-0.39, 0.29) is 0 Å². The van der Waals surface area contributed by atoms with Gasteiger partial charge in [-0.2, -0.15) is 0 Å². The maximum absolute atomic E-state index is 8.84. The van der Waals surface area contributed by atoms with Crippen LogP contribution in [0.15, 0.2) is 43.4 Å². The molecule has 0 amide bonds. The van der Waals surface area contributed by atoms with Gasteiger partial charge in [-0.15, -0.1) is 0 Å². The Labute approximate surface area is 153 Å². The summed E-state index contributed by atoms with van der Waals surface area (Å²) in [5.41, 5.74) is 2.15. The van der Waals surface area contributed by atoms with Gasteiger partial charge in [0.15, 0.2) is 27.0 Å². The SMILES string of the molecule is C=C(/C=C\[N+](C)=C/C)c1cc[n+](CCCCCCCCP(O)O)cc1. The summed E-state index contributed by atoms with van der Waals surface area (Å²) in [5.74, 6) is 0. The van der Waals surface area contributed by atoms with Crippen LogP contribution >= 0.6 is 8.38 Å². The number of aromatic nitrogens is 1. The zero-order valence-corrected chi connectivity index (χ0v) is 16.5. The van der Waals surface area contributed by atoms with Crippen LogP contribution in [0.25, 0.3) is 5.57 Å². The van der Waals surface area contributed by atoms with Crippen LogP contribution in [0.3, 0.4) is 0 Å². The second-order valence-electron chi connectivity index (χ2n) is 6.31. The highest BCUT2D eigenvalue weighted by atomic mass is 31.2. The Morgan fingerprint density at radius 3 is 2.32 bits per heavy atom. The Morgan fingerprint density at radius 2 is 1.72 bits per heavy atom. The molecule has 0 fully saturated rings. The summed E-state index contributed by atoms with van der Waals surface area (Å²) in [4.78, 5) is 17.7. The van der Waals surface area contributed by atoms with Gasteiger partial charge in [-0.1, -0.05) is 25.8 Å². The Kier molecular flexibility index (Phi) is 11.2. The maximum atomic E-state index is 8.84. The Morgan fingerprint density at radius 1 is 1.12 bits per heavy atom. The van der Waals surface area contributed by atoms with Crippen molar-refractivity contribution >= 4 is 20.2 Å². The quantitative estimate of drug-likeness (QED) is 0.194. The normalized spacial score (nSPS) is 12.3. The summed E-state index contributed by atoms with van der Waals surface area (Å²) in [6.07, 6.45) is 17.7. The minimum atomic E-state index is -1.69. The molecule has 5 heteroatoms. The second kappa shape index (κ2) is 12.9. The van der Waals surface area contributed by atoms with E-state index in [0.29, 0.717) is 6.16 Å². The van der Waals surface area contributed by atoms with Gasteiger partial charge in [-0.25, -0.2) is 9.14 Å². The lowest BCUT2D eigenvalue weighted by atomic mass is 10.1. The molecular formula is C20H33N2O2P+2. The third kappa shape index (κ3) is 10.3. The van der Waals surface area contributed by atoms with E-state index in [2.05, 4.69) is 35.7 Å².